The fraction of sp³-hybridized carbons (Fsp3) is 0.900. The van der Waals surface area contributed by atoms with Crippen LogP contribution in [0.3, 0.4) is 0 Å². The van der Waals surface area contributed by atoms with Crippen LogP contribution < -0.4 is 10.6 Å². The summed E-state index contributed by atoms with van der Waals surface area (Å²) in [5, 5.41) is 4.86. The molecule has 2 aliphatic rings. The first-order chi connectivity index (χ1) is 7.49. The van der Waals surface area contributed by atoms with Gasteiger partial charge in [-0.3, -0.25) is 4.79 Å². The minimum absolute atomic E-state index is 0.124. The number of carbonyl (C=O) groups excluding carboxylic acids is 1. The first-order valence-corrected chi connectivity index (χ1v) is 7.43. The number of rotatable bonds is 5. The first kappa shape index (κ1) is 11.9. The van der Waals surface area contributed by atoms with E-state index in [0.29, 0.717) is 0 Å². The summed E-state index contributed by atoms with van der Waals surface area (Å²) >= 11 is 0. The second-order valence-corrected chi connectivity index (χ2v) is 7.15. The SMILES string of the molecule is CC(C(=O)NC1CC1)S(=O)(=O)CC1CNC1. The third kappa shape index (κ3) is 2.74. The van der Waals surface area contributed by atoms with Gasteiger partial charge in [0.05, 0.1) is 5.75 Å². The van der Waals surface area contributed by atoms with E-state index in [9.17, 15) is 13.2 Å². The zero-order chi connectivity index (χ0) is 11.8. The van der Waals surface area contributed by atoms with Crippen LogP contribution in [0.15, 0.2) is 0 Å². The molecule has 0 aromatic rings. The highest BCUT2D eigenvalue weighted by Gasteiger charge is 2.34. The maximum absolute atomic E-state index is 11.9. The van der Waals surface area contributed by atoms with Gasteiger partial charge in [-0.2, -0.15) is 0 Å². The molecule has 1 saturated heterocycles. The van der Waals surface area contributed by atoms with E-state index >= 15 is 0 Å². The average molecular weight is 246 g/mol. The molecule has 92 valence electrons. The molecule has 0 radical (unpaired) electrons. The van der Waals surface area contributed by atoms with Gasteiger partial charge in [0.2, 0.25) is 5.91 Å². The average Bonchev–Trinajstić information content (AvgIpc) is 2.94. The van der Waals surface area contributed by atoms with Crippen LogP contribution in [-0.2, 0) is 14.6 Å². The molecular weight excluding hydrogens is 228 g/mol. The van der Waals surface area contributed by atoms with Crippen LogP contribution in [0.4, 0.5) is 0 Å². The van der Waals surface area contributed by atoms with Crippen molar-refractivity contribution in [1.82, 2.24) is 10.6 Å². The molecule has 2 fully saturated rings. The highest BCUT2D eigenvalue weighted by molar-refractivity contribution is 7.92. The summed E-state index contributed by atoms with van der Waals surface area (Å²) in [5.41, 5.74) is 0. The third-order valence-electron chi connectivity index (χ3n) is 3.17. The van der Waals surface area contributed by atoms with Crippen LogP contribution in [0, 0.1) is 5.92 Å². The van der Waals surface area contributed by atoms with Gasteiger partial charge in [-0.25, -0.2) is 8.42 Å². The third-order valence-corrected chi connectivity index (χ3v) is 5.39. The van der Waals surface area contributed by atoms with Crippen molar-refractivity contribution in [2.24, 2.45) is 5.92 Å². The fourth-order valence-electron chi connectivity index (χ4n) is 1.65. The maximum Gasteiger partial charge on any atom is 0.238 e. The number of sulfone groups is 1. The molecule has 1 aliphatic heterocycles. The number of carbonyl (C=O) groups is 1. The number of nitrogens with one attached hydrogen (secondary N) is 2. The molecule has 0 spiro atoms. The Morgan fingerprint density at radius 3 is 2.50 bits per heavy atom. The lowest BCUT2D eigenvalue weighted by atomic mass is 10.1. The van der Waals surface area contributed by atoms with Crippen molar-refractivity contribution in [3.63, 3.8) is 0 Å². The lowest BCUT2D eigenvalue weighted by molar-refractivity contribution is -0.120. The van der Waals surface area contributed by atoms with Crippen LogP contribution in [0.25, 0.3) is 0 Å². The summed E-state index contributed by atoms with van der Waals surface area (Å²) in [6.45, 7) is 2.98. The van der Waals surface area contributed by atoms with E-state index in [1.807, 2.05) is 0 Å². The predicted octanol–water partition coefficient (Wildman–Crippen LogP) is -0.712. The van der Waals surface area contributed by atoms with Crippen LogP contribution >= 0.6 is 0 Å². The van der Waals surface area contributed by atoms with Gasteiger partial charge in [-0.1, -0.05) is 0 Å². The zero-order valence-electron chi connectivity index (χ0n) is 9.40. The highest BCUT2D eigenvalue weighted by atomic mass is 32.2. The van der Waals surface area contributed by atoms with Crippen LogP contribution in [0.5, 0.6) is 0 Å². The molecule has 0 aromatic heterocycles. The second kappa shape index (κ2) is 4.33. The smallest absolute Gasteiger partial charge is 0.238 e. The summed E-state index contributed by atoms with van der Waals surface area (Å²) in [6, 6.07) is 0.218. The largest absolute Gasteiger partial charge is 0.352 e. The van der Waals surface area contributed by atoms with Gasteiger partial charge in [0.25, 0.3) is 0 Å². The standard InChI is InChI=1S/C10H18N2O3S/c1-7(10(13)12-9-2-3-9)16(14,15)6-8-4-11-5-8/h7-9,11H,2-6H2,1H3,(H,12,13). The highest BCUT2D eigenvalue weighted by Crippen LogP contribution is 2.20. The maximum atomic E-state index is 11.9. The van der Waals surface area contributed by atoms with Gasteiger partial charge in [0.1, 0.15) is 5.25 Å². The monoisotopic (exact) mass is 246 g/mol. The predicted molar refractivity (Wildman–Crippen MR) is 60.8 cm³/mol. The molecule has 2 N–H and O–H groups in total. The Hall–Kier alpha value is -0.620. The van der Waals surface area contributed by atoms with Crippen molar-refractivity contribution >= 4 is 15.7 Å². The van der Waals surface area contributed by atoms with Crippen molar-refractivity contribution in [3.8, 4) is 0 Å². The Morgan fingerprint density at radius 1 is 1.44 bits per heavy atom. The van der Waals surface area contributed by atoms with E-state index in [1.165, 1.54) is 6.92 Å². The second-order valence-electron chi connectivity index (χ2n) is 4.78. The Morgan fingerprint density at radius 2 is 2.06 bits per heavy atom. The van der Waals surface area contributed by atoms with Crippen molar-refractivity contribution in [2.45, 2.75) is 31.1 Å². The normalized spacial score (nSPS) is 23.6. The van der Waals surface area contributed by atoms with Crippen molar-refractivity contribution in [2.75, 3.05) is 18.8 Å². The van der Waals surface area contributed by atoms with E-state index in [-0.39, 0.29) is 23.6 Å². The minimum Gasteiger partial charge on any atom is -0.352 e. The Kier molecular flexibility index (Phi) is 3.21. The molecule has 1 unspecified atom stereocenters. The lowest BCUT2D eigenvalue weighted by Gasteiger charge is -2.27. The zero-order valence-corrected chi connectivity index (χ0v) is 10.2. The summed E-state index contributed by atoms with van der Waals surface area (Å²) in [5.74, 6) is -0.0323. The molecule has 1 atom stereocenters. The van der Waals surface area contributed by atoms with Crippen molar-refractivity contribution < 1.29 is 13.2 Å². The minimum atomic E-state index is -3.29. The van der Waals surface area contributed by atoms with Crippen molar-refractivity contribution in [3.05, 3.63) is 0 Å². The molecule has 1 amide bonds. The Bertz CT molecular complexity index is 372. The van der Waals surface area contributed by atoms with Gasteiger partial charge >= 0.3 is 0 Å². The van der Waals surface area contributed by atoms with E-state index in [2.05, 4.69) is 10.6 Å². The molecule has 16 heavy (non-hydrogen) atoms. The molecule has 0 aromatic carbocycles. The molecule has 6 heteroatoms. The summed E-state index contributed by atoms with van der Waals surface area (Å²) in [7, 11) is -3.29. The molecule has 0 bridgehead atoms. The van der Waals surface area contributed by atoms with Crippen molar-refractivity contribution in [1.29, 1.82) is 0 Å². The van der Waals surface area contributed by atoms with Gasteiger partial charge in [0, 0.05) is 19.1 Å². The van der Waals surface area contributed by atoms with Gasteiger partial charge in [-0.15, -0.1) is 0 Å². The molecule has 1 saturated carbocycles. The summed E-state index contributed by atoms with van der Waals surface area (Å²) < 4.78 is 23.8. The summed E-state index contributed by atoms with van der Waals surface area (Å²) in [6.07, 6.45) is 1.95. The Balaban J connectivity index is 1.89. The molecule has 1 heterocycles. The molecule has 1 aliphatic carbocycles. The van der Waals surface area contributed by atoms with E-state index < -0.39 is 15.1 Å². The Labute approximate surface area is 95.9 Å². The summed E-state index contributed by atoms with van der Waals surface area (Å²) in [4.78, 5) is 11.6. The molecule has 2 rings (SSSR count). The van der Waals surface area contributed by atoms with E-state index in [1.54, 1.807) is 0 Å². The van der Waals surface area contributed by atoms with Gasteiger partial charge in [-0.05, 0) is 25.7 Å². The van der Waals surface area contributed by atoms with Gasteiger partial charge in [0.15, 0.2) is 9.84 Å². The first-order valence-electron chi connectivity index (χ1n) is 5.71. The topological polar surface area (TPSA) is 75.3 Å². The van der Waals surface area contributed by atoms with E-state index in [4.69, 9.17) is 0 Å². The molecular formula is C10H18N2O3S. The van der Waals surface area contributed by atoms with Crippen LogP contribution in [0.2, 0.25) is 0 Å². The lowest BCUT2D eigenvalue weighted by Crippen LogP contribution is -2.48. The van der Waals surface area contributed by atoms with E-state index in [0.717, 1.165) is 25.9 Å². The van der Waals surface area contributed by atoms with Gasteiger partial charge < -0.3 is 10.6 Å². The number of hydrogen-bond donors (Lipinski definition) is 2. The quantitative estimate of drug-likeness (QED) is 0.672. The van der Waals surface area contributed by atoms with Crippen LogP contribution in [0.1, 0.15) is 19.8 Å². The van der Waals surface area contributed by atoms with Crippen LogP contribution in [-0.4, -0.2) is 44.5 Å². The molecule has 5 nitrogen and oxygen atoms in total. The number of amides is 1. The number of hydrogen-bond acceptors (Lipinski definition) is 4. The fourth-order valence-corrected chi connectivity index (χ4v) is 3.22.